The number of hydrogen-bond acceptors (Lipinski definition) is 4. The largest absolute Gasteiger partial charge is 0.376 e. The lowest BCUT2D eigenvalue weighted by Crippen LogP contribution is -2.60. The molecule has 0 fully saturated rings. The SMILES string of the molecule is CC(C)(C)c1ccc(N2B3c4cc5sc(-c6ccccc6)c(-c6ccccc6)c5cc4-n4c5cc6c(cc5c5ccc(c3c54)-c3cc4c(cc32)sc2ccccc24)sc2ccccc26)cc1. The Hall–Kier alpha value is -6.96. The fourth-order valence-electron chi connectivity index (χ4n) is 11.5. The van der Waals surface area contributed by atoms with E-state index in [1.165, 1.54) is 138 Å². The van der Waals surface area contributed by atoms with Crippen LogP contribution in [0.25, 0.3) is 111 Å². The Balaban J connectivity index is 1.12. The van der Waals surface area contributed by atoms with Crippen molar-refractivity contribution in [2.75, 3.05) is 4.81 Å². The van der Waals surface area contributed by atoms with Crippen LogP contribution in [0, 0.1) is 0 Å². The molecule has 15 rings (SSSR count). The van der Waals surface area contributed by atoms with E-state index in [-0.39, 0.29) is 12.3 Å². The topological polar surface area (TPSA) is 8.17 Å². The van der Waals surface area contributed by atoms with E-state index >= 15 is 0 Å². The van der Waals surface area contributed by atoms with Crippen molar-refractivity contribution in [2.24, 2.45) is 0 Å². The molecule has 0 spiro atoms. The highest BCUT2D eigenvalue weighted by Crippen LogP contribution is 2.51. The Morgan fingerprint density at radius 2 is 1.08 bits per heavy atom. The van der Waals surface area contributed by atoms with Gasteiger partial charge in [0.15, 0.2) is 0 Å². The van der Waals surface area contributed by atoms with Gasteiger partial charge in [-0.15, -0.1) is 34.0 Å². The summed E-state index contributed by atoms with van der Waals surface area (Å²) in [5.41, 5.74) is 16.8. The minimum Gasteiger partial charge on any atom is -0.376 e. The van der Waals surface area contributed by atoms with Gasteiger partial charge in [-0.25, -0.2) is 0 Å². The van der Waals surface area contributed by atoms with E-state index in [0.717, 1.165) is 0 Å². The van der Waals surface area contributed by atoms with E-state index < -0.39 is 0 Å². The molecule has 0 aliphatic carbocycles. The third-order valence-electron chi connectivity index (χ3n) is 14.5. The van der Waals surface area contributed by atoms with Gasteiger partial charge in [0.25, 0.3) is 0 Å². The van der Waals surface area contributed by atoms with Crippen LogP contribution in [0.4, 0.5) is 11.4 Å². The minimum absolute atomic E-state index is 0.0372. The highest BCUT2D eigenvalue weighted by Gasteiger charge is 2.45. The van der Waals surface area contributed by atoms with Gasteiger partial charge in [0.05, 0.1) is 11.0 Å². The first-order valence-electron chi connectivity index (χ1n) is 22.9. The highest BCUT2D eigenvalue weighted by molar-refractivity contribution is 7.26. The molecular weight excluding hydrogens is 856 g/mol. The van der Waals surface area contributed by atoms with Crippen molar-refractivity contribution in [3.63, 3.8) is 0 Å². The van der Waals surface area contributed by atoms with Crippen LogP contribution in [0.2, 0.25) is 0 Å². The molecule has 310 valence electrons. The molecular formula is C60H39BN2S3. The lowest BCUT2D eigenvalue weighted by atomic mass is 9.44. The molecule has 6 heteroatoms. The molecule has 9 aromatic carbocycles. The summed E-state index contributed by atoms with van der Waals surface area (Å²) < 4.78 is 9.29. The van der Waals surface area contributed by atoms with Crippen LogP contribution >= 0.6 is 34.0 Å². The van der Waals surface area contributed by atoms with Crippen molar-refractivity contribution in [1.29, 1.82) is 0 Å². The van der Waals surface area contributed by atoms with E-state index in [4.69, 9.17) is 0 Å². The van der Waals surface area contributed by atoms with Gasteiger partial charge >= 0.3 is 6.85 Å². The molecule has 4 aromatic heterocycles. The Morgan fingerprint density at radius 3 is 1.79 bits per heavy atom. The van der Waals surface area contributed by atoms with Crippen LogP contribution in [0.1, 0.15) is 26.3 Å². The Kier molecular flexibility index (Phi) is 7.53. The highest BCUT2D eigenvalue weighted by atomic mass is 32.1. The van der Waals surface area contributed by atoms with Crippen molar-refractivity contribution >= 4 is 135 Å². The average molecular weight is 895 g/mol. The molecule has 0 saturated carbocycles. The number of aromatic nitrogens is 1. The first-order chi connectivity index (χ1) is 32.4. The fraction of sp³-hybridized carbons (Fsp3) is 0.0667. The standard InChI is InChI=1S/C60H39BN2S3/c1-60(2,3)36-22-24-37(25-23-36)63-49-33-55-44(38-18-10-12-20-51(38)65-55)28-42(49)40-26-27-41-43-31-53-45(39-19-11-13-21-52(39)64-53)29-48(43)62-50-30-46-54(32-47(50)61(63)57(40)58(41)62)66-59(35-16-8-5-9-17-35)56(46)34-14-6-4-7-15-34/h4-33H,1-3H3. The maximum Gasteiger partial charge on any atom is 0.333 e. The van der Waals surface area contributed by atoms with Crippen molar-refractivity contribution in [3.05, 3.63) is 188 Å². The summed E-state index contributed by atoms with van der Waals surface area (Å²) in [5.74, 6) is 0. The quantitative estimate of drug-likeness (QED) is 0.160. The molecule has 0 bridgehead atoms. The summed E-state index contributed by atoms with van der Waals surface area (Å²) in [6, 6.07) is 69.5. The van der Waals surface area contributed by atoms with Gasteiger partial charge in [0.1, 0.15) is 0 Å². The second kappa shape index (κ2) is 13.3. The third-order valence-corrected chi connectivity index (χ3v) is 18.0. The van der Waals surface area contributed by atoms with E-state index in [2.05, 4.69) is 212 Å². The van der Waals surface area contributed by atoms with Gasteiger partial charge in [-0.3, -0.25) is 0 Å². The maximum absolute atomic E-state index is 2.70. The summed E-state index contributed by atoms with van der Waals surface area (Å²) in [5, 5.41) is 9.22. The summed E-state index contributed by atoms with van der Waals surface area (Å²) >= 11 is 5.74. The molecule has 0 N–H and O–H groups in total. The van der Waals surface area contributed by atoms with Crippen molar-refractivity contribution < 1.29 is 0 Å². The molecule has 2 aliphatic rings. The van der Waals surface area contributed by atoms with Crippen molar-refractivity contribution in [1.82, 2.24) is 4.57 Å². The number of hydrogen-bond donors (Lipinski definition) is 0. The smallest absolute Gasteiger partial charge is 0.333 e. The maximum atomic E-state index is 2.70. The summed E-state index contributed by atoms with van der Waals surface area (Å²) in [6.07, 6.45) is 0. The predicted molar refractivity (Wildman–Crippen MR) is 291 cm³/mol. The lowest BCUT2D eigenvalue weighted by Gasteiger charge is -2.42. The van der Waals surface area contributed by atoms with Crippen LogP contribution in [-0.4, -0.2) is 11.4 Å². The molecule has 6 heterocycles. The second-order valence-corrected chi connectivity index (χ2v) is 22.4. The van der Waals surface area contributed by atoms with E-state index in [9.17, 15) is 0 Å². The van der Waals surface area contributed by atoms with Crippen molar-refractivity contribution in [3.8, 4) is 38.4 Å². The summed E-state index contributed by atoms with van der Waals surface area (Å²) in [4.78, 5) is 4.01. The minimum atomic E-state index is -0.0795. The number of benzene rings is 9. The molecule has 2 aliphatic heterocycles. The van der Waals surface area contributed by atoms with Gasteiger partial charge in [0.2, 0.25) is 0 Å². The number of rotatable bonds is 3. The second-order valence-electron chi connectivity index (χ2n) is 19.2. The van der Waals surface area contributed by atoms with Gasteiger partial charge < -0.3 is 9.38 Å². The van der Waals surface area contributed by atoms with Gasteiger partial charge in [-0.1, -0.05) is 142 Å². The molecule has 66 heavy (non-hydrogen) atoms. The van der Waals surface area contributed by atoms with E-state index in [0.29, 0.717) is 0 Å². The normalized spacial score (nSPS) is 13.3. The number of nitrogens with zero attached hydrogens (tertiary/aromatic N) is 2. The van der Waals surface area contributed by atoms with Crippen LogP contribution in [0.3, 0.4) is 0 Å². The first-order valence-corrected chi connectivity index (χ1v) is 25.3. The predicted octanol–water partition coefficient (Wildman–Crippen LogP) is 16.6. The van der Waals surface area contributed by atoms with Crippen LogP contribution in [0.5, 0.6) is 0 Å². The molecule has 13 aromatic rings. The number of thiophene rings is 3. The zero-order valence-electron chi connectivity index (χ0n) is 36.5. The summed E-state index contributed by atoms with van der Waals surface area (Å²) in [6.45, 7) is 6.86. The molecule has 0 amide bonds. The zero-order chi connectivity index (χ0) is 43.6. The van der Waals surface area contributed by atoms with E-state index in [1.807, 2.05) is 34.0 Å². The average Bonchev–Trinajstić information content (AvgIpc) is 4.10. The monoisotopic (exact) mass is 894 g/mol. The lowest BCUT2D eigenvalue weighted by molar-refractivity contribution is 0.590. The number of anilines is 2. The van der Waals surface area contributed by atoms with Gasteiger partial charge in [-0.05, 0) is 99.3 Å². The number of fused-ring (bicyclic) bond motifs is 15. The van der Waals surface area contributed by atoms with Crippen LogP contribution in [-0.2, 0) is 5.41 Å². The van der Waals surface area contributed by atoms with Gasteiger partial charge in [-0.2, -0.15) is 0 Å². The Bertz CT molecular complexity index is 4200. The van der Waals surface area contributed by atoms with Crippen LogP contribution in [0.15, 0.2) is 182 Å². The zero-order valence-corrected chi connectivity index (χ0v) is 39.0. The van der Waals surface area contributed by atoms with Crippen LogP contribution < -0.4 is 15.7 Å². The molecule has 0 atom stereocenters. The van der Waals surface area contributed by atoms with E-state index in [1.54, 1.807) is 0 Å². The van der Waals surface area contributed by atoms with Crippen molar-refractivity contribution in [2.45, 2.75) is 26.2 Å². The molecule has 0 unspecified atom stereocenters. The Labute approximate surface area is 394 Å². The Morgan fingerprint density at radius 1 is 0.439 bits per heavy atom. The summed E-state index contributed by atoms with van der Waals surface area (Å²) in [7, 11) is 0. The molecule has 0 radical (unpaired) electrons. The first kappa shape index (κ1) is 37.3. The van der Waals surface area contributed by atoms with Gasteiger partial charge in [0, 0.05) is 94.3 Å². The fourth-order valence-corrected chi connectivity index (χ4v) is 15.0. The third kappa shape index (κ3) is 5.07. The molecule has 0 saturated heterocycles. The molecule has 2 nitrogen and oxygen atoms in total.